The first-order valence-electron chi connectivity index (χ1n) is 7.98. The van der Waals surface area contributed by atoms with E-state index in [2.05, 4.69) is 6.58 Å². The molecule has 1 heterocycles. The van der Waals surface area contributed by atoms with Crippen molar-refractivity contribution < 1.29 is 28.6 Å². The van der Waals surface area contributed by atoms with Crippen molar-refractivity contribution in [3.63, 3.8) is 0 Å². The molecule has 1 aliphatic heterocycles. The summed E-state index contributed by atoms with van der Waals surface area (Å²) in [5.74, 6) is -0.356. The highest BCUT2D eigenvalue weighted by atomic mass is 16.7. The lowest BCUT2D eigenvalue weighted by Crippen LogP contribution is -2.44. The predicted molar refractivity (Wildman–Crippen MR) is 87.1 cm³/mol. The Labute approximate surface area is 142 Å². The first kappa shape index (κ1) is 20.0. The number of ether oxygens (including phenoxy) is 3. The second-order valence-corrected chi connectivity index (χ2v) is 7.29. The van der Waals surface area contributed by atoms with Crippen molar-refractivity contribution >= 4 is 18.2 Å². The smallest absolute Gasteiger partial charge is 0.443 e. The van der Waals surface area contributed by atoms with Gasteiger partial charge in [0.25, 0.3) is 0 Å². The molecule has 0 bridgehead atoms. The molecule has 0 aromatic carbocycles. The van der Waals surface area contributed by atoms with Crippen LogP contribution >= 0.6 is 0 Å². The van der Waals surface area contributed by atoms with Crippen LogP contribution in [0.5, 0.6) is 0 Å². The van der Waals surface area contributed by atoms with Crippen LogP contribution in [0.2, 0.25) is 0 Å². The molecular weight excluding hydrogens is 314 g/mol. The number of carbonyl (C=O) groups excluding carboxylic acids is 3. The molecule has 0 saturated carbocycles. The molecule has 7 heteroatoms. The second kappa shape index (κ2) is 7.68. The highest BCUT2D eigenvalue weighted by molar-refractivity contribution is 5.95. The molecule has 0 spiro atoms. The van der Waals surface area contributed by atoms with E-state index in [9.17, 15) is 14.4 Å². The van der Waals surface area contributed by atoms with Gasteiger partial charge in [-0.3, -0.25) is 4.79 Å². The standard InChI is InChI=1S/C17H27NO6/c1-10(2)13-8-12(9-22-16(21)23-11(3)4)18(14(13)19)15(20)24-17(5,6)7/h10,12-13H,3,8-9H2,1-2,4-7H3/t12-,13-/m0/s1. The van der Waals surface area contributed by atoms with E-state index in [4.69, 9.17) is 14.2 Å². The summed E-state index contributed by atoms with van der Waals surface area (Å²) in [5, 5.41) is 0. The number of nitrogens with zero attached hydrogens (tertiary/aromatic N) is 1. The Bertz CT molecular complexity index is 520. The second-order valence-electron chi connectivity index (χ2n) is 7.29. The van der Waals surface area contributed by atoms with E-state index in [1.54, 1.807) is 20.8 Å². The van der Waals surface area contributed by atoms with Gasteiger partial charge in [-0.2, -0.15) is 0 Å². The van der Waals surface area contributed by atoms with Crippen LogP contribution in [0.15, 0.2) is 12.3 Å². The Morgan fingerprint density at radius 3 is 2.38 bits per heavy atom. The largest absolute Gasteiger partial charge is 0.513 e. The van der Waals surface area contributed by atoms with Crippen molar-refractivity contribution in [1.29, 1.82) is 0 Å². The van der Waals surface area contributed by atoms with Crippen LogP contribution in [0.1, 0.15) is 48.0 Å². The minimum absolute atomic E-state index is 0.0646. The molecule has 136 valence electrons. The number of imide groups is 1. The van der Waals surface area contributed by atoms with Gasteiger partial charge in [0, 0.05) is 5.92 Å². The van der Waals surface area contributed by atoms with Crippen molar-refractivity contribution in [1.82, 2.24) is 4.90 Å². The lowest BCUT2D eigenvalue weighted by atomic mass is 9.93. The summed E-state index contributed by atoms with van der Waals surface area (Å²) in [4.78, 5) is 37.5. The quantitative estimate of drug-likeness (QED) is 0.575. The van der Waals surface area contributed by atoms with Gasteiger partial charge >= 0.3 is 12.2 Å². The van der Waals surface area contributed by atoms with Crippen LogP contribution in [0.3, 0.4) is 0 Å². The van der Waals surface area contributed by atoms with Gasteiger partial charge in [0.15, 0.2) is 0 Å². The fourth-order valence-corrected chi connectivity index (χ4v) is 2.44. The molecule has 0 aromatic rings. The van der Waals surface area contributed by atoms with Gasteiger partial charge in [-0.25, -0.2) is 14.5 Å². The summed E-state index contributed by atoms with van der Waals surface area (Å²) < 4.78 is 15.0. The molecule has 0 N–H and O–H groups in total. The first-order chi connectivity index (χ1) is 10.9. The first-order valence-corrected chi connectivity index (χ1v) is 7.98. The molecule has 2 atom stereocenters. The fourth-order valence-electron chi connectivity index (χ4n) is 2.44. The number of hydrogen-bond acceptors (Lipinski definition) is 6. The normalized spacial score (nSPS) is 21.0. The highest BCUT2D eigenvalue weighted by Gasteiger charge is 2.46. The molecule has 0 aromatic heterocycles. The third-order valence-electron chi connectivity index (χ3n) is 3.49. The van der Waals surface area contributed by atoms with Gasteiger partial charge < -0.3 is 14.2 Å². The molecule has 1 rings (SSSR count). The van der Waals surface area contributed by atoms with E-state index in [0.29, 0.717) is 6.42 Å². The number of allylic oxidation sites excluding steroid dienone is 1. The number of rotatable bonds is 4. The SMILES string of the molecule is C=C(C)OC(=O)OC[C@@H]1C[C@@H](C(C)C)C(=O)N1C(=O)OC(C)(C)C. The zero-order chi connectivity index (χ0) is 18.7. The summed E-state index contributed by atoms with van der Waals surface area (Å²) in [6.07, 6.45) is -1.22. The summed E-state index contributed by atoms with van der Waals surface area (Å²) >= 11 is 0. The zero-order valence-electron chi connectivity index (χ0n) is 15.3. The van der Waals surface area contributed by atoms with Gasteiger partial charge in [-0.15, -0.1) is 0 Å². The van der Waals surface area contributed by atoms with Gasteiger partial charge in [0.05, 0.1) is 6.04 Å². The van der Waals surface area contributed by atoms with E-state index >= 15 is 0 Å². The lowest BCUT2D eigenvalue weighted by Gasteiger charge is -2.27. The number of carbonyl (C=O) groups is 3. The maximum atomic E-state index is 12.5. The van der Waals surface area contributed by atoms with Gasteiger partial charge in [0.1, 0.15) is 18.0 Å². The monoisotopic (exact) mass is 341 g/mol. The average Bonchev–Trinajstić information content (AvgIpc) is 2.70. The van der Waals surface area contributed by atoms with Crippen LogP contribution < -0.4 is 0 Å². The van der Waals surface area contributed by atoms with E-state index in [0.717, 1.165) is 4.90 Å². The predicted octanol–water partition coefficient (Wildman–Crippen LogP) is 3.48. The fraction of sp³-hybridized carbons (Fsp3) is 0.706. The number of likely N-dealkylation sites (tertiary alicyclic amines) is 1. The zero-order valence-corrected chi connectivity index (χ0v) is 15.3. The maximum absolute atomic E-state index is 12.5. The van der Waals surface area contributed by atoms with E-state index < -0.39 is 23.9 Å². The van der Waals surface area contributed by atoms with Crippen LogP contribution in [0.4, 0.5) is 9.59 Å². The van der Waals surface area contributed by atoms with E-state index in [-0.39, 0.29) is 30.1 Å². The summed E-state index contributed by atoms with van der Waals surface area (Å²) in [6, 6.07) is -0.572. The van der Waals surface area contributed by atoms with Crippen molar-refractivity contribution in [3.8, 4) is 0 Å². The minimum atomic E-state index is -0.910. The molecule has 1 saturated heterocycles. The number of hydrogen-bond donors (Lipinski definition) is 0. The third kappa shape index (κ3) is 5.54. The third-order valence-corrected chi connectivity index (χ3v) is 3.49. The molecule has 1 aliphatic rings. The van der Waals surface area contributed by atoms with Crippen molar-refractivity contribution in [3.05, 3.63) is 12.3 Å². The molecule has 2 amide bonds. The Morgan fingerprint density at radius 1 is 1.33 bits per heavy atom. The summed E-state index contributed by atoms with van der Waals surface area (Å²) in [6.45, 7) is 13.8. The summed E-state index contributed by atoms with van der Waals surface area (Å²) in [5.41, 5.74) is -0.725. The molecular formula is C17H27NO6. The molecule has 0 radical (unpaired) electrons. The molecule has 24 heavy (non-hydrogen) atoms. The van der Waals surface area contributed by atoms with Gasteiger partial charge in [0.2, 0.25) is 5.91 Å². The van der Waals surface area contributed by atoms with Crippen LogP contribution in [0, 0.1) is 11.8 Å². The molecule has 0 aliphatic carbocycles. The topological polar surface area (TPSA) is 82.1 Å². The Hall–Kier alpha value is -2.05. The van der Waals surface area contributed by atoms with Gasteiger partial charge in [-0.05, 0) is 40.0 Å². The Balaban J connectivity index is 2.85. The molecule has 1 fully saturated rings. The minimum Gasteiger partial charge on any atom is -0.443 e. The van der Waals surface area contributed by atoms with Crippen molar-refractivity contribution in [2.75, 3.05) is 6.61 Å². The average molecular weight is 341 g/mol. The van der Waals surface area contributed by atoms with Crippen molar-refractivity contribution in [2.45, 2.75) is 59.6 Å². The Morgan fingerprint density at radius 2 is 1.92 bits per heavy atom. The van der Waals surface area contributed by atoms with Gasteiger partial charge in [-0.1, -0.05) is 20.4 Å². The highest BCUT2D eigenvalue weighted by Crippen LogP contribution is 2.32. The van der Waals surface area contributed by atoms with Crippen molar-refractivity contribution in [2.24, 2.45) is 11.8 Å². The number of amides is 2. The van der Waals surface area contributed by atoms with Crippen LogP contribution in [0.25, 0.3) is 0 Å². The lowest BCUT2D eigenvalue weighted by molar-refractivity contribution is -0.132. The Kier molecular flexibility index (Phi) is 6.40. The van der Waals surface area contributed by atoms with Crippen LogP contribution in [-0.4, -0.2) is 41.3 Å². The van der Waals surface area contributed by atoms with E-state index in [1.807, 2.05) is 13.8 Å². The molecule has 0 unspecified atom stereocenters. The summed E-state index contributed by atoms with van der Waals surface area (Å²) in [7, 11) is 0. The molecule has 7 nitrogen and oxygen atoms in total. The van der Waals surface area contributed by atoms with E-state index in [1.165, 1.54) is 6.92 Å². The van der Waals surface area contributed by atoms with Crippen LogP contribution in [-0.2, 0) is 19.0 Å². The maximum Gasteiger partial charge on any atom is 0.513 e.